The molecular formula is C18H15FN2O2S. The number of benzene rings is 2. The number of hydrogen-bond donors (Lipinski definition) is 0. The molecule has 1 aliphatic rings. The van der Waals surface area contributed by atoms with Crippen molar-refractivity contribution in [1.82, 2.24) is 4.98 Å². The number of aromatic nitrogens is 1. The number of halogens is 1. The fraction of sp³-hybridized carbons (Fsp3) is 0.167. The van der Waals surface area contributed by atoms with Gasteiger partial charge < -0.3 is 0 Å². The molecule has 0 bridgehead atoms. The summed E-state index contributed by atoms with van der Waals surface area (Å²) in [4.78, 5) is 4.67. The average Bonchev–Trinajstić information content (AvgIpc) is 2.95. The van der Waals surface area contributed by atoms with Crippen molar-refractivity contribution in [2.45, 2.75) is 18.2 Å². The van der Waals surface area contributed by atoms with Gasteiger partial charge in [0.15, 0.2) is 0 Å². The van der Waals surface area contributed by atoms with Gasteiger partial charge in [0.05, 0.1) is 10.4 Å². The summed E-state index contributed by atoms with van der Waals surface area (Å²) < 4.78 is 40.7. The number of anilines is 1. The molecule has 3 aromatic rings. The highest BCUT2D eigenvalue weighted by molar-refractivity contribution is 7.92. The van der Waals surface area contributed by atoms with Crippen molar-refractivity contribution >= 4 is 26.7 Å². The van der Waals surface area contributed by atoms with E-state index in [2.05, 4.69) is 4.98 Å². The Bertz CT molecular complexity index is 1060. The molecule has 0 unspecified atom stereocenters. The maximum atomic E-state index is 13.3. The Hall–Kier alpha value is -2.47. The molecule has 2 heterocycles. The lowest BCUT2D eigenvalue weighted by Gasteiger charge is -2.20. The molecule has 4 rings (SSSR count). The van der Waals surface area contributed by atoms with Crippen LogP contribution in [0.1, 0.15) is 11.1 Å². The van der Waals surface area contributed by atoms with Crippen molar-refractivity contribution in [3.63, 3.8) is 0 Å². The Morgan fingerprint density at radius 1 is 1.12 bits per heavy atom. The number of hydrogen-bond acceptors (Lipinski definition) is 3. The predicted molar refractivity (Wildman–Crippen MR) is 91.1 cm³/mol. The van der Waals surface area contributed by atoms with Crippen molar-refractivity contribution in [3.05, 3.63) is 65.5 Å². The van der Waals surface area contributed by atoms with Gasteiger partial charge in [0, 0.05) is 11.9 Å². The van der Waals surface area contributed by atoms with Crippen molar-refractivity contribution in [3.8, 4) is 0 Å². The smallest absolute Gasteiger partial charge is 0.249 e. The summed E-state index contributed by atoms with van der Waals surface area (Å²) in [5.41, 5.74) is 2.07. The monoisotopic (exact) mass is 342 g/mol. The molecule has 0 amide bonds. The van der Waals surface area contributed by atoms with Gasteiger partial charge in [-0.3, -0.25) is 0 Å². The maximum absolute atomic E-state index is 13.3. The number of para-hydroxylation sites is 1. The summed E-state index contributed by atoms with van der Waals surface area (Å²) in [5, 5.41) is 0.994. The quantitative estimate of drug-likeness (QED) is 0.717. The first-order valence-corrected chi connectivity index (χ1v) is 9.08. The van der Waals surface area contributed by atoms with E-state index in [0.717, 1.165) is 16.5 Å². The third-order valence-electron chi connectivity index (χ3n) is 4.31. The van der Waals surface area contributed by atoms with Crippen LogP contribution in [0.5, 0.6) is 0 Å². The highest BCUT2D eigenvalue weighted by Gasteiger charge is 2.33. The van der Waals surface area contributed by atoms with Gasteiger partial charge in [-0.25, -0.2) is 22.1 Å². The summed E-state index contributed by atoms with van der Waals surface area (Å²) in [6.45, 7) is 1.94. The summed E-state index contributed by atoms with van der Waals surface area (Å²) in [5.74, 6) is 0.0230. The molecule has 4 nitrogen and oxygen atoms in total. The van der Waals surface area contributed by atoms with Crippen LogP contribution in [0.2, 0.25) is 0 Å². The van der Waals surface area contributed by atoms with Gasteiger partial charge in [-0.15, -0.1) is 0 Å². The minimum Gasteiger partial charge on any atom is -0.249 e. The molecule has 6 heteroatoms. The summed E-state index contributed by atoms with van der Waals surface area (Å²) in [6, 6.07) is 13.3. The number of rotatable bonds is 2. The molecule has 0 atom stereocenters. The number of nitrogens with zero attached hydrogens (tertiary/aromatic N) is 2. The lowest BCUT2D eigenvalue weighted by Crippen LogP contribution is -2.30. The van der Waals surface area contributed by atoms with Gasteiger partial charge in [-0.1, -0.05) is 18.2 Å². The fourth-order valence-electron chi connectivity index (χ4n) is 3.13. The molecule has 0 spiro atoms. The molecular weight excluding hydrogens is 327 g/mol. The second-order valence-corrected chi connectivity index (χ2v) is 7.73. The first-order chi connectivity index (χ1) is 11.5. The molecule has 122 valence electrons. The molecule has 24 heavy (non-hydrogen) atoms. The fourth-order valence-corrected chi connectivity index (χ4v) is 4.79. The highest BCUT2D eigenvalue weighted by atomic mass is 32.2. The lowest BCUT2D eigenvalue weighted by molar-refractivity contribution is 0.590. The molecule has 1 aliphatic heterocycles. The Labute approximate surface area is 139 Å². The van der Waals surface area contributed by atoms with Gasteiger partial charge in [-0.2, -0.15) is 0 Å². The number of pyridine rings is 1. The number of fused-ring (bicyclic) bond motifs is 2. The van der Waals surface area contributed by atoms with Crippen LogP contribution in [0.25, 0.3) is 10.9 Å². The van der Waals surface area contributed by atoms with E-state index in [1.807, 2.05) is 30.3 Å². The van der Waals surface area contributed by atoms with Crippen LogP contribution < -0.4 is 4.31 Å². The van der Waals surface area contributed by atoms with E-state index in [1.165, 1.54) is 22.5 Å². The van der Waals surface area contributed by atoms with Crippen LogP contribution in [-0.2, 0) is 16.4 Å². The van der Waals surface area contributed by atoms with Gasteiger partial charge in [0.2, 0.25) is 0 Å². The molecule has 0 N–H and O–H groups in total. The standard InChI is InChI=1S/C18H15FN2O2S/c1-12-10-15(19)6-7-17(12)24(22,23)21-9-8-14-11-13-4-2-3-5-16(13)20-18(14)21/h2-7,10-11H,8-9H2,1H3. The number of sulfonamides is 1. The first kappa shape index (κ1) is 15.1. The molecule has 1 aromatic heterocycles. The van der Waals surface area contributed by atoms with E-state index in [0.29, 0.717) is 24.3 Å². The Kier molecular flexibility index (Phi) is 3.31. The van der Waals surface area contributed by atoms with Crippen molar-refractivity contribution < 1.29 is 12.8 Å². The minimum absolute atomic E-state index is 0.117. The van der Waals surface area contributed by atoms with Gasteiger partial charge >= 0.3 is 0 Å². The molecule has 0 saturated carbocycles. The van der Waals surface area contributed by atoms with Crippen LogP contribution >= 0.6 is 0 Å². The van der Waals surface area contributed by atoms with Crippen LogP contribution in [0.3, 0.4) is 0 Å². The third-order valence-corrected chi connectivity index (χ3v) is 6.26. The topological polar surface area (TPSA) is 50.3 Å². The van der Waals surface area contributed by atoms with Crippen molar-refractivity contribution in [2.24, 2.45) is 0 Å². The third kappa shape index (κ3) is 2.26. The zero-order valence-corrected chi connectivity index (χ0v) is 13.8. The largest absolute Gasteiger partial charge is 0.265 e. The van der Waals surface area contributed by atoms with E-state index < -0.39 is 15.8 Å². The van der Waals surface area contributed by atoms with Crippen LogP contribution in [0.4, 0.5) is 10.2 Å². The van der Waals surface area contributed by atoms with Gasteiger partial charge in [0.25, 0.3) is 10.0 Å². The minimum atomic E-state index is -3.76. The molecule has 0 radical (unpaired) electrons. The summed E-state index contributed by atoms with van der Waals surface area (Å²) in [6.07, 6.45) is 0.618. The van der Waals surface area contributed by atoms with E-state index in [9.17, 15) is 12.8 Å². The Morgan fingerprint density at radius 2 is 1.92 bits per heavy atom. The Morgan fingerprint density at radius 3 is 2.71 bits per heavy atom. The normalized spacial score (nSPS) is 14.2. The van der Waals surface area contributed by atoms with Gasteiger partial charge in [0.1, 0.15) is 11.6 Å². The zero-order chi connectivity index (χ0) is 16.9. The molecule has 2 aromatic carbocycles. The van der Waals surface area contributed by atoms with Crippen molar-refractivity contribution in [2.75, 3.05) is 10.8 Å². The lowest BCUT2D eigenvalue weighted by atomic mass is 10.1. The molecule has 0 aliphatic carbocycles. The van der Waals surface area contributed by atoms with E-state index in [-0.39, 0.29) is 4.90 Å². The molecule has 0 saturated heterocycles. The highest BCUT2D eigenvalue weighted by Crippen LogP contribution is 2.34. The van der Waals surface area contributed by atoms with E-state index in [1.54, 1.807) is 6.92 Å². The Balaban J connectivity index is 1.86. The maximum Gasteiger partial charge on any atom is 0.265 e. The van der Waals surface area contributed by atoms with Crippen LogP contribution in [0, 0.1) is 12.7 Å². The SMILES string of the molecule is Cc1cc(F)ccc1S(=O)(=O)N1CCc2cc3ccccc3nc21. The summed E-state index contributed by atoms with van der Waals surface area (Å²) in [7, 11) is -3.76. The van der Waals surface area contributed by atoms with Crippen LogP contribution in [0.15, 0.2) is 53.4 Å². The zero-order valence-electron chi connectivity index (χ0n) is 13.0. The second kappa shape index (κ2) is 5.27. The summed E-state index contributed by atoms with van der Waals surface area (Å²) >= 11 is 0. The van der Waals surface area contributed by atoms with Crippen molar-refractivity contribution in [1.29, 1.82) is 0 Å². The number of aryl methyl sites for hydroxylation is 1. The van der Waals surface area contributed by atoms with E-state index >= 15 is 0 Å². The molecule has 0 fully saturated rings. The van der Waals surface area contributed by atoms with Crippen LogP contribution in [-0.4, -0.2) is 19.9 Å². The van der Waals surface area contributed by atoms with E-state index in [4.69, 9.17) is 0 Å². The average molecular weight is 342 g/mol. The van der Waals surface area contributed by atoms with Gasteiger partial charge in [-0.05, 0) is 54.8 Å². The second-order valence-electron chi connectivity index (χ2n) is 5.90. The predicted octanol–water partition coefficient (Wildman–Crippen LogP) is 3.43. The first-order valence-electron chi connectivity index (χ1n) is 7.64.